The third-order valence-corrected chi connectivity index (χ3v) is 6.50. The lowest BCUT2D eigenvalue weighted by atomic mass is 10.0. The number of fused-ring (bicyclic) bond motifs is 1. The number of ether oxygens (including phenoxy) is 1. The molecule has 1 aliphatic heterocycles. The van der Waals surface area contributed by atoms with E-state index in [1.807, 2.05) is 0 Å². The molecule has 14 heteroatoms. The van der Waals surface area contributed by atoms with Crippen LogP contribution in [0.25, 0.3) is 5.65 Å². The molecule has 1 amide bonds. The Morgan fingerprint density at radius 3 is 2.76 bits per heavy atom. The third-order valence-electron chi connectivity index (χ3n) is 6.10. The Hall–Kier alpha value is -4.33. The summed E-state index contributed by atoms with van der Waals surface area (Å²) in [5.41, 5.74) is 1.85. The molecular formula is C23H23ClN10O3. The van der Waals surface area contributed by atoms with Crippen LogP contribution in [0.5, 0.6) is 0 Å². The first-order chi connectivity index (χ1) is 17.9. The number of nitrogens with zero attached hydrogens (tertiary/aromatic N) is 7. The van der Waals surface area contributed by atoms with Crippen LogP contribution in [-0.4, -0.2) is 69.2 Å². The second-order valence-electron chi connectivity index (χ2n) is 8.91. The van der Waals surface area contributed by atoms with Crippen LogP contribution in [0, 0.1) is 22.7 Å². The summed E-state index contributed by atoms with van der Waals surface area (Å²) in [5, 5.41) is 43.3. The van der Waals surface area contributed by atoms with Gasteiger partial charge in [-0.1, -0.05) is 11.6 Å². The Balaban J connectivity index is 1.50. The number of alkyl carbamates (subject to hydrolysis) is 1. The van der Waals surface area contributed by atoms with E-state index in [2.05, 4.69) is 47.9 Å². The summed E-state index contributed by atoms with van der Waals surface area (Å²) in [4.78, 5) is 22.3. The van der Waals surface area contributed by atoms with Crippen LogP contribution >= 0.6 is 11.6 Å². The number of rotatable bonds is 6. The van der Waals surface area contributed by atoms with E-state index in [1.165, 1.54) is 17.8 Å². The van der Waals surface area contributed by atoms with Gasteiger partial charge in [-0.2, -0.15) is 20.0 Å². The van der Waals surface area contributed by atoms with Crippen LogP contribution in [0.2, 0.25) is 5.02 Å². The summed E-state index contributed by atoms with van der Waals surface area (Å²) in [5.74, 6) is 0.627. The molecule has 0 unspecified atom stereocenters. The molecule has 3 heterocycles. The van der Waals surface area contributed by atoms with E-state index in [9.17, 15) is 20.4 Å². The standard InChI is InChI=1S/C23H23ClN10O3/c1-37-23(36)29-14-6-16(35)11-33(10-14)18-5-12(7-25)4-17(19(18)24)30-22-31-20(28-13-2-3-13)21-27-9-15(8-26)34(21)32-22/h4-5,9,13-14,16,35H,2-3,6,10-11H2,1H3,(H,29,36)(H2,28,30,31,32)/t14-,16-/m0/s1. The molecule has 2 fully saturated rings. The summed E-state index contributed by atoms with van der Waals surface area (Å²) in [7, 11) is 1.27. The van der Waals surface area contributed by atoms with E-state index in [4.69, 9.17) is 11.6 Å². The first-order valence-electron chi connectivity index (χ1n) is 11.6. The molecule has 190 valence electrons. The molecule has 2 atom stereocenters. The van der Waals surface area contributed by atoms with Crippen molar-refractivity contribution in [3.63, 3.8) is 0 Å². The number of imidazole rings is 1. The lowest BCUT2D eigenvalue weighted by Gasteiger charge is -2.37. The number of benzene rings is 1. The van der Waals surface area contributed by atoms with Gasteiger partial charge in [0.2, 0.25) is 5.95 Å². The van der Waals surface area contributed by atoms with Crippen molar-refractivity contribution in [1.29, 1.82) is 10.5 Å². The molecule has 37 heavy (non-hydrogen) atoms. The number of amides is 1. The van der Waals surface area contributed by atoms with Crippen molar-refractivity contribution in [2.24, 2.45) is 0 Å². The Morgan fingerprint density at radius 2 is 2.05 bits per heavy atom. The number of halogens is 1. The van der Waals surface area contributed by atoms with Crippen LogP contribution in [0.4, 0.5) is 27.9 Å². The summed E-state index contributed by atoms with van der Waals surface area (Å²) in [6.45, 7) is 0.602. The number of methoxy groups -OCH3 is 1. The molecule has 4 N–H and O–H groups in total. The fourth-order valence-electron chi connectivity index (χ4n) is 4.24. The number of aliphatic hydroxyl groups excluding tert-OH is 1. The number of aliphatic hydroxyl groups is 1. The monoisotopic (exact) mass is 522 g/mol. The van der Waals surface area contributed by atoms with Crippen LogP contribution in [0.1, 0.15) is 30.5 Å². The predicted octanol–water partition coefficient (Wildman–Crippen LogP) is 2.13. The van der Waals surface area contributed by atoms with Gasteiger partial charge in [0.15, 0.2) is 17.2 Å². The van der Waals surface area contributed by atoms with Crippen molar-refractivity contribution >= 4 is 46.5 Å². The molecule has 1 aliphatic carbocycles. The van der Waals surface area contributed by atoms with Crippen LogP contribution in [-0.2, 0) is 4.74 Å². The molecule has 5 rings (SSSR count). The molecule has 0 bridgehead atoms. The minimum atomic E-state index is -0.735. The highest BCUT2D eigenvalue weighted by atomic mass is 35.5. The normalized spacial score (nSPS) is 19.1. The molecule has 1 aromatic carbocycles. The van der Waals surface area contributed by atoms with Crippen molar-refractivity contribution in [2.75, 3.05) is 35.7 Å². The van der Waals surface area contributed by atoms with Gasteiger partial charge in [0.05, 0.1) is 53.5 Å². The van der Waals surface area contributed by atoms with Gasteiger partial charge < -0.3 is 30.7 Å². The molecule has 0 spiro atoms. The van der Waals surface area contributed by atoms with E-state index in [-0.39, 0.29) is 35.3 Å². The van der Waals surface area contributed by atoms with E-state index in [0.29, 0.717) is 41.4 Å². The topological polar surface area (TPSA) is 177 Å². The Labute approximate surface area is 216 Å². The number of aromatic nitrogens is 4. The van der Waals surface area contributed by atoms with Crippen LogP contribution < -0.4 is 20.9 Å². The average molecular weight is 523 g/mol. The summed E-state index contributed by atoms with van der Waals surface area (Å²) in [6.07, 6.45) is 2.46. The average Bonchev–Trinajstić information content (AvgIpc) is 3.60. The molecule has 13 nitrogen and oxygen atoms in total. The maximum absolute atomic E-state index is 11.7. The Morgan fingerprint density at radius 1 is 1.24 bits per heavy atom. The molecule has 3 aromatic rings. The zero-order chi connectivity index (χ0) is 26.1. The second-order valence-corrected chi connectivity index (χ2v) is 9.29. The first kappa shape index (κ1) is 24.4. The van der Waals surface area contributed by atoms with Gasteiger partial charge in [-0.05, 0) is 31.4 Å². The molecule has 1 saturated carbocycles. The number of hydrogen-bond acceptors (Lipinski definition) is 11. The van der Waals surface area contributed by atoms with E-state index < -0.39 is 12.2 Å². The number of nitriles is 2. The molecule has 0 radical (unpaired) electrons. The van der Waals surface area contributed by atoms with Crippen molar-refractivity contribution in [1.82, 2.24) is 24.9 Å². The van der Waals surface area contributed by atoms with Gasteiger partial charge in [0.25, 0.3) is 0 Å². The highest BCUT2D eigenvalue weighted by Crippen LogP contribution is 2.37. The van der Waals surface area contributed by atoms with Gasteiger partial charge in [0.1, 0.15) is 6.07 Å². The SMILES string of the molecule is COC(=O)N[C@H]1C[C@H](O)CN(c2cc(C#N)cc(Nc3nc(NC4CC4)c4ncc(C#N)n4n3)c2Cl)C1. The lowest BCUT2D eigenvalue weighted by molar-refractivity contribution is 0.127. The zero-order valence-electron chi connectivity index (χ0n) is 19.8. The smallest absolute Gasteiger partial charge is 0.407 e. The van der Waals surface area contributed by atoms with Crippen LogP contribution in [0.3, 0.4) is 0 Å². The third kappa shape index (κ3) is 5.14. The highest BCUT2D eigenvalue weighted by Gasteiger charge is 2.30. The number of hydrogen-bond donors (Lipinski definition) is 4. The quantitative estimate of drug-likeness (QED) is 0.373. The van der Waals surface area contributed by atoms with Crippen LogP contribution in [0.15, 0.2) is 18.3 Å². The second kappa shape index (κ2) is 9.97. The highest BCUT2D eigenvalue weighted by molar-refractivity contribution is 6.36. The fraction of sp³-hybridized carbons (Fsp3) is 0.391. The number of anilines is 4. The Kier molecular flexibility index (Phi) is 6.56. The van der Waals surface area contributed by atoms with Crippen molar-refractivity contribution in [2.45, 2.75) is 37.5 Å². The minimum absolute atomic E-state index is 0.150. The van der Waals surface area contributed by atoms with Gasteiger partial charge in [-0.15, -0.1) is 5.10 Å². The molecule has 1 saturated heterocycles. The molecular weight excluding hydrogens is 500 g/mol. The van der Waals surface area contributed by atoms with Crippen molar-refractivity contribution in [3.05, 3.63) is 34.6 Å². The summed E-state index contributed by atoms with van der Waals surface area (Å²) in [6, 6.07) is 7.26. The number of nitrogens with one attached hydrogen (secondary N) is 3. The lowest BCUT2D eigenvalue weighted by Crippen LogP contribution is -2.52. The van der Waals surface area contributed by atoms with Crippen molar-refractivity contribution < 1.29 is 14.6 Å². The van der Waals surface area contributed by atoms with Crippen molar-refractivity contribution in [3.8, 4) is 12.1 Å². The fourth-order valence-corrected chi connectivity index (χ4v) is 4.52. The van der Waals surface area contributed by atoms with E-state index in [1.54, 1.807) is 17.0 Å². The maximum atomic E-state index is 11.7. The van der Waals surface area contributed by atoms with Gasteiger partial charge in [-0.3, -0.25) is 0 Å². The summed E-state index contributed by atoms with van der Waals surface area (Å²) < 4.78 is 6.07. The van der Waals surface area contributed by atoms with Gasteiger partial charge >= 0.3 is 6.09 Å². The van der Waals surface area contributed by atoms with E-state index >= 15 is 0 Å². The zero-order valence-corrected chi connectivity index (χ0v) is 20.5. The largest absolute Gasteiger partial charge is 0.453 e. The molecule has 2 aromatic heterocycles. The van der Waals surface area contributed by atoms with Gasteiger partial charge in [-0.25, -0.2) is 9.78 Å². The predicted molar refractivity (Wildman–Crippen MR) is 134 cm³/mol. The summed E-state index contributed by atoms with van der Waals surface area (Å²) >= 11 is 6.79. The molecule has 2 aliphatic rings. The first-order valence-corrected chi connectivity index (χ1v) is 12.0. The number of carbonyl (C=O) groups excluding carboxylic acids is 1. The minimum Gasteiger partial charge on any atom is -0.453 e. The van der Waals surface area contributed by atoms with Gasteiger partial charge in [0, 0.05) is 19.1 Å². The number of carbonyl (C=O) groups is 1. The maximum Gasteiger partial charge on any atom is 0.407 e. The van der Waals surface area contributed by atoms with E-state index in [0.717, 1.165) is 12.8 Å². The number of β-amino-alcohol motifs (C(OH)–C–C–N with tert-alkyl or cyclic N) is 1. The number of piperidine rings is 1. The Bertz CT molecular complexity index is 1440.